The molecular weight excluding hydrogens is 386 g/mol. The molecule has 30 heavy (non-hydrogen) atoms. The van der Waals surface area contributed by atoms with E-state index >= 15 is 0 Å². The van der Waals surface area contributed by atoms with Gasteiger partial charge in [0.2, 0.25) is 5.82 Å². The number of halogens is 2. The van der Waals surface area contributed by atoms with Crippen molar-refractivity contribution in [1.29, 1.82) is 0 Å². The molecule has 0 radical (unpaired) electrons. The minimum atomic E-state index is -0.257. The van der Waals surface area contributed by atoms with Gasteiger partial charge in [0.25, 0.3) is 0 Å². The maximum atomic E-state index is 14.2. The quantitative estimate of drug-likeness (QED) is 0.673. The van der Waals surface area contributed by atoms with Gasteiger partial charge in [-0.1, -0.05) is 38.1 Å². The third kappa shape index (κ3) is 4.33. The van der Waals surface area contributed by atoms with Crippen molar-refractivity contribution >= 4 is 5.69 Å². The first-order chi connectivity index (χ1) is 14.5. The van der Waals surface area contributed by atoms with E-state index in [1.807, 2.05) is 16.8 Å². The van der Waals surface area contributed by atoms with Crippen molar-refractivity contribution in [3.63, 3.8) is 0 Å². The van der Waals surface area contributed by atoms with Crippen LogP contribution in [0, 0.1) is 17.6 Å². The van der Waals surface area contributed by atoms with Crippen LogP contribution in [-0.4, -0.2) is 46.4 Å². The molecule has 8 heteroatoms. The molecule has 4 rings (SSSR count). The number of aromatic nitrogens is 4. The molecule has 1 aromatic heterocycles. The van der Waals surface area contributed by atoms with Crippen molar-refractivity contribution in [3.05, 3.63) is 71.6 Å². The number of para-hydroxylation sites is 1. The van der Waals surface area contributed by atoms with Gasteiger partial charge in [-0.3, -0.25) is 0 Å². The van der Waals surface area contributed by atoms with E-state index in [1.165, 1.54) is 23.1 Å². The average Bonchev–Trinajstić information content (AvgIpc) is 3.18. The van der Waals surface area contributed by atoms with Gasteiger partial charge < -0.3 is 9.80 Å². The number of hydrogen-bond acceptors (Lipinski definition) is 4. The second kappa shape index (κ2) is 8.87. The van der Waals surface area contributed by atoms with Gasteiger partial charge in [-0.25, -0.2) is 13.5 Å². The Morgan fingerprint density at radius 2 is 1.70 bits per heavy atom. The Morgan fingerprint density at radius 3 is 2.37 bits per heavy atom. The topological polar surface area (TPSA) is 51.3 Å². The van der Waals surface area contributed by atoms with Crippen LogP contribution in [0.25, 0.3) is 0 Å². The number of nitrogens with zero attached hydrogens (tertiary/aromatic N) is 5. The highest BCUT2D eigenvalue weighted by Gasteiger charge is 2.35. The monoisotopic (exact) mass is 413 g/mol. The van der Waals surface area contributed by atoms with E-state index in [1.54, 1.807) is 18.2 Å². The van der Waals surface area contributed by atoms with E-state index in [0.717, 1.165) is 37.6 Å². The lowest BCUT2D eigenvalue weighted by atomic mass is 10.0. The number of tetrazole rings is 1. The SMILES string of the molecule is CC(C)[C@H](c1nnnn1Cc1ccc(F)cc1)[NH+]1CCN(c2ccccc2F)CC1. The molecule has 1 N–H and O–H groups in total. The summed E-state index contributed by atoms with van der Waals surface area (Å²) in [7, 11) is 0. The zero-order valence-corrected chi connectivity index (χ0v) is 17.3. The second-order valence-corrected chi connectivity index (χ2v) is 8.14. The molecule has 0 spiro atoms. The summed E-state index contributed by atoms with van der Waals surface area (Å²) in [6.45, 7) is 8.16. The molecule has 1 fully saturated rings. The van der Waals surface area contributed by atoms with Crippen LogP contribution in [0.3, 0.4) is 0 Å². The molecule has 1 aliphatic heterocycles. The van der Waals surface area contributed by atoms with Crippen molar-refractivity contribution in [3.8, 4) is 0 Å². The van der Waals surface area contributed by atoms with Gasteiger partial charge in [-0.15, -0.1) is 5.10 Å². The van der Waals surface area contributed by atoms with E-state index in [2.05, 4.69) is 34.3 Å². The summed E-state index contributed by atoms with van der Waals surface area (Å²) in [4.78, 5) is 3.50. The largest absolute Gasteiger partial charge is 0.358 e. The van der Waals surface area contributed by atoms with E-state index in [0.29, 0.717) is 18.2 Å². The summed E-state index contributed by atoms with van der Waals surface area (Å²) < 4.78 is 29.2. The summed E-state index contributed by atoms with van der Waals surface area (Å²) in [5.41, 5.74) is 1.62. The zero-order chi connectivity index (χ0) is 21.1. The summed E-state index contributed by atoms with van der Waals surface area (Å²) in [5.74, 6) is 0.735. The molecule has 0 bridgehead atoms. The lowest BCUT2D eigenvalue weighted by molar-refractivity contribution is -0.937. The minimum absolute atomic E-state index is 0.128. The molecule has 3 aromatic rings. The van der Waals surface area contributed by atoms with Crippen molar-refractivity contribution in [2.24, 2.45) is 5.92 Å². The van der Waals surface area contributed by atoms with Crippen LogP contribution in [-0.2, 0) is 6.54 Å². The van der Waals surface area contributed by atoms with Crippen LogP contribution in [0.2, 0.25) is 0 Å². The number of anilines is 1. The van der Waals surface area contributed by atoms with Crippen molar-refractivity contribution < 1.29 is 13.7 Å². The summed E-state index contributed by atoms with van der Waals surface area (Å²) in [6.07, 6.45) is 0. The molecule has 158 valence electrons. The zero-order valence-electron chi connectivity index (χ0n) is 17.3. The lowest BCUT2D eigenvalue weighted by Gasteiger charge is -2.38. The molecule has 0 saturated carbocycles. The fourth-order valence-electron chi connectivity index (χ4n) is 4.32. The Balaban J connectivity index is 1.50. The predicted octanol–water partition coefficient (Wildman–Crippen LogP) is 2.10. The maximum Gasteiger partial charge on any atom is 0.209 e. The number of benzene rings is 2. The Kier molecular flexibility index (Phi) is 6.03. The first-order valence-electron chi connectivity index (χ1n) is 10.4. The molecule has 2 heterocycles. The molecular formula is C22H27F2N6+. The highest BCUT2D eigenvalue weighted by atomic mass is 19.1. The Labute approximate surface area is 175 Å². The molecule has 1 saturated heterocycles. The van der Waals surface area contributed by atoms with Crippen LogP contribution >= 0.6 is 0 Å². The third-order valence-electron chi connectivity index (χ3n) is 5.79. The Hall–Kier alpha value is -2.87. The van der Waals surface area contributed by atoms with Crippen LogP contribution in [0.4, 0.5) is 14.5 Å². The summed E-state index contributed by atoms with van der Waals surface area (Å²) in [5, 5.41) is 12.5. The van der Waals surface area contributed by atoms with Gasteiger partial charge >= 0.3 is 0 Å². The minimum Gasteiger partial charge on any atom is -0.358 e. The van der Waals surface area contributed by atoms with Gasteiger partial charge in [-0.05, 0) is 40.3 Å². The van der Waals surface area contributed by atoms with Gasteiger partial charge in [-0.2, -0.15) is 0 Å². The molecule has 6 nitrogen and oxygen atoms in total. The Morgan fingerprint density at radius 1 is 1.00 bits per heavy atom. The number of quaternary nitrogens is 1. The van der Waals surface area contributed by atoms with E-state index in [4.69, 9.17) is 0 Å². The normalized spacial score (nSPS) is 16.2. The molecule has 1 atom stereocenters. The second-order valence-electron chi connectivity index (χ2n) is 8.14. The number of nitrogens with one attached hydrogen (secondary N) is 1. The van der Waals surface area contributed by atoms with Crippen LogP contribution < -0.4 is 9.80 Å². The van der Waals surface area contributed by atoms with E-state index in [9.17, 15) is 8.78 Å². The number of hydrogen-bond donors (Lipinski definition) is 1. The molecule has 0 aliphatic carbocycles. The van der Waals surface area contributed by atoms with Crippen LogP contribution in [0.1, 0.15) is 31.3 Å². The van der Waals surface area contributed by atoms with Gasteiger partial charge in [0, 0.05) is 5.92 Å². The molecule has 0 unspecified atom stereocenters. The predicted molar refractivity (Wildman–Crippen MR) is 110 cm³/mol. The van der Waals surface area contributed by atoms with E-state index < -0.39 is 0 Å². The first kappa shape index (κ1) is 20.4. The first-order valence-corrected chi connectivity index (χ1v) is 10.4. The van der Waals surface area contributed by atoms with Crippen molar-refractivity contribution in [1.82, 2.24) is 20.2 Å². The standard InChI is InChI=1S/C22H26F2N6/c1-16(2)21(22-25-26-27-30(22)15-17-7-9-18(23)10-8-17)29-13-11-28(12-14-29)20-6-4-3-5-19(20)24/h3-10,16,21H,11-15H2,1-2H3/p+1/t21-/m1/s1. The number of piperazine rings is 1. The molecule has 0 amide bonds. The summed E-state index contributed by atoms with van der Waals surface area (Å²) in [6, 6.07) is 13.5. The van der Waals surface area contributed by atoms with Crippen LogP contribution in [0.15, 0.2) is 48.5 Å². The van der Waals surface area contributed by atoms with Gasteiger partial charge in [0.05, 0.1) is 38.4 Å². The molecule has 2 aromatic carbocycles. The lowest BCUT2D eigenvalue weighted by Crippen LogP contribution is -3.15. The Bertz CT molecular complexity index is 964. The van der Waals surface area contributed by atoms with E-state index in [-0.39, 0.29) is 17.7 Å². The number of rotatable bonds is 6. The highest BCUT2D eigenvalue weighted by molar-refractivity contribution is 5.47. The fourth-order valence-corrected chi connectivity index (χ4v) is 4.32. The van der Waals surface area contributed by atoms with Gasteiger partial charge in [0.15, 0.2) is 6.04 Å². The smallest absolute Gasteiger partial charge is 0.209 e. The van der Waals surface area contributed by atoms with Crippen molar-refractivity contribution in [2.45, 2.75) is 26.4 Å². The maximum absolute atomic E-state index is 14.2. The van der Waals surface area contributed by atoms with Crippen LogP contribution in [0.5, 0.6) is 0 Å². The summed E-state index contributed by atoms with van der Waals surface area (Å²) >= 11 is 0. The van der Waals surface area contributed by atoms with Gasteiger partial charge in [0.1, 0.15) is 11.6 Å². The van der Waals surface area contributed by atoms with Crippen molar-refractivity contribution in [2.75, 3.05) is 31.1 Å². The fraction of sp³-hybridized carbons (Fsp3) is 0.409. The average molecular weight is 413 g/mol. The third-order valence-corrected chi connectivity index (χ3v) is 5.79. The molecule has 1 aliphatic rings. The highest BCUT2D eigenvalue weighted by Crippen LogP contribution is 2.21.